The molecule has 1 aliphatic rings. The number of rotatable bonds is 7. The zero-order chi connectivity index (χ0) is 25.2. The second kappa shape index (κ2) is 9.82. The molecule has 0 fully saturated rings. The number of esters is 1. The number of hydrogen-bond acceptors (Lipinski definition) is 5. The Morgan fingerprint density at radius 3 is 2.57 bits per heavy atom. The molecule has 0 saturated heterocycles. The van der Waals surface area contributed by atoms with Crippen LogP contribution in [0.25, 0.3) is 11.1 Å². The smallest absolute Gasteiger partial charge is 0.417 e. The largest absolute Gasteiger partial charge is 0.465 e. The van der Waals surface area contributed by atoms with Gasteiger partial charge in [0.25, 0.3) is 0 Å². The standard InChI is InChI=1S/C24H24F3N3O4S/c1-2-34-23(31)15-30-22-9-5-8-21(19(22)14-28-30)29-35(32,33)17-12-10-16(11-13-17)18-6-3-4-7-20(18)24(25,26)27/h3-4,6-7,10-14,21,29H,2,5,8-9,15H2,1H3. The summed E-state index contributed by atoms with van der Waals surface area (Å²) in [6.07, 6.45) is -1.08. The average Bonchev–Trinajstić information content (AvgIpc) is 3.22. The molecule has 1 N–H and O–H groups in total. The number of halogens is 3. The summed E-state index contributed by atoms with van der Waals surface area (Å²) in [6.45, 7) is 1.91. The average molecular weight is 508 g/mol. The van der Waals surface area contributed by atoms with E-state index in [-0.39, 0.29) is 29.2 Å². The molecule has 35 heavy (non-hydrogen) atoms. The maximum Gasteiger partial charge on any atom is 0.417 e. The van der Waals surface area contributed by atoms with Crippen LogP contribution in [0.5, 0.6) is 0 Å². The van der Waals surface area contributed by atoms with Gasteiger partial charge in [0.2, 0.25) is 10.0 Å². The fraction of sp³-hybridized carbons (Fsp3) is 0.333. The van der Waals surface area contributed by atoms with E-state index in [1.807, 2.05) is 0 Å². The highest BCUT2D eigenvalue weighted by Crippen LogP contribution is 2.37. The van der Waals surface area contributed by atoms with Crippen molar-refractivity contribution in [3.63, 3.8) is 0 Å². The lowest BCUT2D eigenvalue weighted by Gasteiger charge is -2.24. The number of carbonyl (C=O) groups excluding carboxylic acids is 1. The first-order valence-corrected chi connectivity index (χ1v) is 12.6. The normalized spacial score (nSPS) is 16.1. The number of benzene rings is 2. The summed E-state index contributed by atoms with van der Waals surface area (Å²) >= 11 is 0. The molecule has 186 valence electrons. The van der Waals surface area contributed by atoms with Gasteiger partial charge in [0.1, 0.15) is 6.54 Å². The number of carbonyl (C=O) groups is 1. The maximum absolute atomic E-state index is 13.4. The van der Waals surface area contributed by atoms with Crippen LogP contribution in [0.3, 0.4) is 0 Å². The van der Waals surface area contributed by atoms with Gasteiger partial charge in [-0.25, -0.2) is 13.1 Å². The molecule has 0 saturated carbocycles. The van der Waals surface area contributed by atoms with Gasteiger partial charge in [0.15, 0.2) is 0 Å². The molecule has 4 rings (SSSR count). The molecule has 1 atom stereocenters. The lowest BCUT2D eigenvalue weighted by molar-refractivity contribution is -0.144. The SMILES string of the molecule is CCOC(=O)Cn1ncc2c1CCCC2NS(=O)(=O)c1ccc(-c2ccccc2C(F)(F)F)cc1. The van der Waals surface area contributed by atoms with Gasteiger partial charge >= 0.3 is 12.1 Å². The van der Waals surface area contributed by atoms with Crippen molar-refractivity contribution in [3.05, 3.63) is 71.5 Å². The van der Waals surface area contributed by atoms with E-state index in [9.17, 15) is 26.4 Å². The Labute approximate surface area is 201 Å². The van der Waals surface area contributed by atoms with Crippen LogP contribution in [0.4, 0.5) is 13.2 Å². The molecule has 0 aliphatic heterocycles. The van der Waals surface area contributed by atoms with Crippen LogP contribution in [0.1, 0.15) is 42.6 Å². The van der Waals surface area contributed by atoms with E-state index in [1.54, 1.807) is 13.1 Å². The number of nitrogens with zero attached hydrogens (tertiary/aromatic N) is 2. The second-order valence-corrected chi connectivity index (χ2v) is 9.86. The number of ether oxygens (including phenoxy) is 1. The van der Waals surface area contributed by atoms with Gasteiger partial charge in [-0.2, -0.15) is 18.3 Å². The van der Waals surface area contributed by atoms with Crippen molar-refractivity contribution >= 4 is 16.0 Å². The van der Waals surface area contributed by atoms with Crippen LogP contribution in [0, 0.1) is 0 Å². The van der Waals surface area contributed by atoms with E-state index in [4.69, 9.17) is 4.74 Å². The molecule has 1 aromatic heterocycles. The van der Waals surface area contributed by atoms with Gasteiger partial charge in [0, 0.05) is 11.3 Å². The van der Waals surface area contributed by atoms with Gasteiger partial charge in [-0.3, -0.25) is 9.48 Å². The van der Waals surface area contributed by atoms with E-state index in [0.717, 1.165) is 11.8 Å². The van der Waals surface area contributed by atoms with Gasteiger partial charge < -0.3 is 4.74 Å². The van der Waals surface area contributed by atoms with Crippen molar-refractivity contribution in [3.8, 4) is 11.1 Å². The minimum atomic E-state index is -4.53. The maximum atomic E-state index is 13.4. The molecule has 1 aliphatic carbocycles. The monoisotopic (exact) mass is 507 g/mol. The Kier molecular flexibility index (Phi) is 7.00. The number of aromatic nitrogens is 2. The first-order chi connectivity index (χ1) is 16.6. The highest BCUT2D eigenvalue weighted by molar-refractivity contribution is 7.89. The fourth-order valence-corrected chi connectivity index (χ4v) is 5.51. The molecule has 3 aromatic rings. The molecule has 1 heterocycles. The zero-order valence-corrected chi connectivity index (χ0v) is 19.7. The summed E-state index contributed by atoms with van der Waals surface area (Å²) in [5.74, 6) is -0.423. The number of sulfonamides is 1. The molecular weight excluding hydrogens is 483 g/mol. The summed E-state index contributed by atoms with van der Waals surface area (Å²) in [5.41, 5.74) is 0.916. The van der Waals surface area contributed by atoms with Crippen LogP contribution in [-0.2, 0) is 38.7 Å². The lowest BCUT2D eigenvalue weighted by atomic mass is 9.94. The molecule has 2 aromatic carbocycles. The summed E-state index contributed by atoms with van der Waals surface area (Å²) in [7, 11) is -3.96. The molecular formula is C24H24F3N3O4S. The fourth-order valence-electron chi connectivity index (χ4n) is 4.26. The van der Waals surface area contributed by atoms with Crippen molar-refractivity contribution in [1.29, 1.82) is 0 Å². The first-order valence-electron chi connectivity index (χ1n) is 11.1. The molecule has 11 heteroatoms. The van der Waals surface area contributed by atoms with E-state index in [0.29, 0.717) is 24.8 Å². The van der Waals surface area contributed by atoms with Crippen molar-refractivity contribution in [2.75, 3.05) is 6.61 Å². The van der Waals surface area contributed by atoms with Crippen LogP contribution in [-0.4, -0.2) is 30.8 Å². The third kappa shape index (κ3) is 5.40. The molecule has 0 spiro atoms. The zero-order valence-electron chi connectivity index (χ0n) is 18.9. The number of fused-ring (bicyclic) bond motifs is 1. The van der Waals surface area contributed by atoms with Crippen molar-refractivity contribution < 1.29 is 31.1 Å². The number of alkyl halides is 3. The van der Waals surface area contributed by atoms with Gasteiger partial charge in [-0.15, -0.1) is 0 Å². The van der Waals surface area contributed by atoms with Gasteiger partial charge in [-0.05, 0) is 55.5 Å². The van der Waals surface area contributed by atoms with Crippen LogP contribution in [0.2, 0.25) is 0 Å². The summed E-state index contributed by atoms with van der Waals surface area (Å²) in [6, 6.07) is 9.92. The van der Waals surface area contributed by atoms with Crippen molar-refractivity contribution in [1.82, 2.24) is 14.5 Å². The van der Waals surface area contributed by atoms with Gasteiger partial charge in [0.05, 0.1) is 29.3 Å². The number of hydrogen-bond donors (Lipinski definition) is 1. The summed E-state index contributed by atoms with van der Waals surface area (Å²) < 4.78 is 75.4. The molecule has 7 nitrogen and oxygen atoms in total. The Morgan fingerprint density at radius 1 is 1.17 bits per heavy atom. The topological polar surface area (TPSA) is 90.3 Å². The van der Waals surface area contributed by atoms with Crippen molar-refractivity contribution in [2.45, 2.75) is 49.8 Å². The minimum absolute atomic E-state index is 0.0251. The van der Waals surface area contributed by atoms with Gasteiger partial charge in [-0.1, -0.05) is 30.3 Å². The Balaban J connectivity index is 1.55. The van der Waals surface area contributed by atoms with E-state index in [1.165, 1.54) is 47.1 Å². The third-order valence-electron chi connectivity index (χ3n) is 5.85. The quantitative estimate of drug-likeness (QED) is 0.476. The Hall–Kier alpha value is -3.18. The number of nitrogens with one attached hydrogen (secondary N) is 1. The summed E-state index contributed by atoms with van der Waals surface area (Å²) in [5, 5.41) is 4.24. The Bertz CT molecular complexity index is 1320. The first kappa shape index (κ1) is 24.9. The summed E-state index contributed by atoms with van der Waals surface area (Å²) in [4.78, 5) is 11.8. The molecule has 1 unspecified atom stereocenters. The van der Waals surface area contributed by atoms with Crippen LogP contribution in [0.15, 0.2) is 59.6 Å². The van der Waals surface area contributed by atoms with Crippen LogP contribution < -0.4 is 4.72 Å². The molecule has 0 radical (unpaired) electrons. The minimum Gasteiger partial charge on any atom is -0.465 e. The van der Waals surface area contributed by atoms with Crippen molar-refractivity contribution in [2.24, 2.45) is 0 Å². The molecule has 0 bridgehead atoms. The van der Waals surface area contributed by atoms with E-state index in [2.05, 4.69) is 9.82 Å². The lowest BCUT2D eigenvalue weighted by Crippen LogP contribution is -2.31. The highest BCUT2D eigenvalue weighted by atomic mass is 32.2. The third-order valence-corrected chi connectivity index (χ3v) is 7.34. The van der Waals surface area contributed by atoms with E-state index < -0.39 is 33.8 Å². The molecule has 0 amide bonds. The second-order valence-electron chi connectivity index (χ2n) is 8.14. The predicted octanol–water partition coefficient (Wildman–Crippen LogP) is 4.49. The Morgan fingerprint density at radius 2 is 1.89 bits per heavy atom. The predicted molar refractivity (Wildman–Crippen MR) is 122 cm³/mol. The highest BCUT2D eigenvalue weighted by Gasteiger charge is 2.33. The van der Waals surface area contributed by atoms with Crippen LogP contribution >= 0.6 is 0 Å². The van der Waals surface area contributed by atoms with E-state index >= 15 is 0 Å².